The van der Waals surface area contributed by atoms with Gasteiger partial charge < -0.3 is 10.6 Å². The van der Waals surface area contributed by atoms with Crippen LogP contribution in [0, 0.1) is 13.8 Å². The van der Waals surface area contributed by atoms with E-state index >= 15 is 0 Å². The number of carbonyl (C=O) groups excluding carboxylic acids is 1. The lowest BCUT2D eigenvalue weighted by atomic mass is 9.97. The average Bonchev–Trinajstić information content (AvgIpc) is 2.65. The van der Waals surface area contributed by atoms with Gasteiger partial charge >= 0.3 is 4.87 Å². The molecule has 1 aliphatic rings. The van der Waals surface area contributed by atoms with Gasteiger partial charge in [-0.2, -0.15) is 0 Å². The quantitative estimate of drug-likeness (QED) is 0.913. The minimum absolute atomic E-state index is 0.00926. The number of thiazole rings is 1. The Morgan fingerprint density at radius 1 is 1.45 bits per heavy atom. The highest BCUT2D eigenvalue weighted by Gasteiger charge is 2.29. The lowest BCUT2D eigenvalue weighted by Gasteiger charge is -2.38. The van der Waals surface area contributed by atoms with Crippen molar-refractivity contribution in [1.29, 1.82) is 0 Å². The summed E-state index contributed by atoms with van der Waals surface area (Å²) in [5.41, 5.74) is 6.88. The molecular formula is C14H23N3O2S. The molecule has 112 valence electrons. The Balaban J connectivity index is 2.16. The predicted octanol–water partition coefficient (Wildman–Crippen LogP) is 1.25. The number of piperidine rings is 1. The Morgan fingerprint density at radius 3 is 2.70 bits per heavy atom. The summed E-state index contributed by atoms with van der Waals surface area (Å²) in [6.45, 7) is 6.64. The SMILES string of the molecule is Cc1sc(=O)n(CC(=O)N2CCCCC2C(C)N)c1C. The van der Waals surface area contributed by atoms with Crippen LogP contribution in [-0.2, 0) is 11.3 Å². The van der Waals surface area contributed by atoms with E-state index in [1.165, 1.54) is 11.3 Å². The van der Waals surface area contributed by atoms with Crippen LogP contribution in [0.5, 0.6) is 0 Å². The molecule has 2 heterocycles. The lowest BCUT2D eigenvalue weighted by molar-refractivity contribution is -0.136. The van der Waals surface area contributed by atoms with Gasteiger partial charge in [0.15, 0.2) is 0 Å². The van der Waals surface area contributed by atoms with Gasteiger partial charge in [-0.05, 0) is 40.0 Å². The normalized spacial score (nSPS) is 21.0. The van der Waals surface area contributed by atoms with Gasteiger partial charge in [0.2, 0.25) is 5.91 Å². The lowest BCUT2D eigenvalue weighted by Crippen LogP contribution is -2.52. The number of aromatic nitrogens is 1. The van der Waals surface area contributed by atoms with Crippen molar-refractivity contribution in [3.05, 3.63) is 20.2 Å². The third-order valence-electron chi connectivity index (χ3n) is 4.15. The zero-order valence-electron chi connectivity index (χ0n) is 12.4. The fraction of sp³-hybridized carbons (Fsp3) is 0.714. The maximum Gasteiger partial charge on any atom is 0.308 e. The summed E-state index contributed by atoms with van der Waals surface area (Å²) in [5.74, 6) is 0.00926. The molecule has 1 aromatic heterocycles. The summed E-state index contributed by atoms with van der Waals surface area (Å²) < 4.78 is 1.58. The van der Waals surface area contributed by atoms with Crippen molar-refractivity contribution in [2.45, 2.75) is 58.7 Å². The largest absolute Gasteiger partial charge is 0.337 e. The first-order chi connectivity index (χ1) is 9.41. The van der Waals surface area contributed by atoms with E-state index in [2.05, 4.69) is 0 Å². The second-order valence-electron chi connectivity index (χ2n) is 5.61. The van der Waals surface area contributed by atoms with Crippen LogP contribution in [0.2, 0.25) is 0 Å². The number of carbonyl (C=O) groups is 1. The van der Waals surface area contributed by atoms with Gasteiger partial charge in [-0.25, -0.2) is 0 Å². The standard InChI is InChI=1S/C14H23N3O2S/c1-9(15)12-6-4-5-7-16(12)13(18)8-17-10(2)11(3)20-14(17)19/h9,12H,4-8,15H2,1-3H3. The van der Waals surface area contributed by atoms with Crippen molar-refractivity contribution in [3.63, 3.8) is 0 Å². The van der Waals surface area contributed by atoms with Crippen molar-refractivity contribution < 1.29 is 4.79 Å². The van der Waals surface area contributed by atoms with Crippen molar-refractivity contribution in [2.75, 3.05) is 6.54 Å². The molecule has 1 aromatic rings. The van der Waals surface area contributed by atoms with E-state index in [4.69, 9.17) is 5.73 Å². The van der Waals surface area contributed by atoms with Crippen molar-refractivity contribution in [3.8, 4) is 0 Å². The molecule has 5 nitrogen and oxygen atoms in total. The van der Waals surface area contributed by atoms with E-state index in [-0.39, 0.29) is 29.4 Å². The molecule has 2 N–H and O–H groups in total. The zero-order chi connectivity index (χ0) is 14.9. The molecule has 6 heteroatoms. The van der Waals surface area contributed by atoms with Crippen LogP contribution in [-0.4, -0.2) is 34.0 Å². The Kier molecular flexibility index (Phi) is 4.65. The van der Waals surface area contributed by atoms with Crippen LogP contribution in [0.3, 0.4) is 0 Å². The first-order valence-corrected chi connectivity index (χ1v) is 7.95. The maximum atomic E-state index is 12.5. The molecule has 0 aliphatic carbocycles. The minimum atomic E-state index is -0.0530. The molecule has 0 aromatic carbocycles. The maximum absolute atomic E-state index is 12.5. The van der Waals surface area contributed by atoms with Gasteiger partial charge in [0.1, 0.15) is 6.54 Å². The van der Waals surface area contributed by atoms with Crippen LogP contribution >= 0.6 is 11.3 Å². The summed E-state index contributed by atoms with van der Waals surface area (Å²) in [5, 5.41) is 0. The van der Waals surface area contributed by atoms with E-state index in [0.717, 1.165) is 36.4 Å². The Bertz CT molecular complexity index is 547. The van der Waals surface area contributed by atoms with Gasteiger partial charge in [-0.3, -0.25) is 14.2 Å². The van der Waals surface area contributed by atoms with E-state index in [1.807, 2.05) is 25.7 Å². The van der Waals surface area contributed by atoms with Gasteiger partial charge in [0.25, 0.3) is 0 Å². The fourth-order valence-corrected chi connectivity index (χ4v) is 3.64. The Morgan fingerprint density at radius 2 is 2.15 bits per heavy atom. The van der Waals surface area contributed by atoms with E-state index < -0.39 is 0 Å². The summed E-state index contributed by atoms with van der Waals surface area (Å²) in [6.07, 6.45) is 3.10. The van der Waals surface area contributed by atoms with Crippen LogP contribution in [0.15, 0.2) is 4.79 Å². The third-order valence-corrected chi connectivity index (χ3v) is 5.14. The van der Waals surface area contributed by atoms with Crippen LogP contribution in [0.4, 0.5) is 0 Å². The first kappa shape index (κ1) is 15.3. The third kappa shape index (κ3) is 2.96. The van der Waals surface area contributed by atoms with Gasteiger partial charge in [0, 0.05) is 29.2 Å². The van der Waals surface area contributed by atoms with Gasteiger partial charge in [-0.15, -0.1) is 0 Å². The molecule has 1 amide bonds. The molecule has 2 atom stereocenters. The average molecular weight is 297 g/mol. The molecule has 0 spiro atoms. The highest BCUT2D eigenvalue weighted by molar-refractivity contribution is 7.09. The molecule has 1 aliphatic heterocycles. The molecular weight excluding hydrogens is 274 g/mol. The monoisotopic (exact) mass is 297 g/mol. The van der Waals surface area contributed by atoms with Crippen molar-refractivity contribution >= 4 is 17.2 Å². The Labute approximate surface area is 123 Å². The number of likely N-dealkylation sites (tertiary alicyclic amines) is 1. The molecule has 20 heavy (non-hydrogen) atoms. The number of hydrogen-bond acceptors (Lipinski definition) is 4. The Hall–Kier alpha value is -1.14. The summed E-state index contributed by atoms with van der Waals surface area (Å²) in [4.78, 5) is 27.2. The highest BCUT2D eigenvalue weighted by atomic mass is 32.1. The predicted molar refractivity (Wildman–Crippen MR) is 81.1 cm³/mol. The first-order valence-electron chi connectivity index (χ1n) is 7.13. The smallest absolute Gasteiger partial charge is 0.308 e. The van der Waals surface area contributed by atoms with E-state index in [0.29, 0.717) is 0 Å². The number of nitrogens with zero attached hydrogens (tertiary/aromatic N) is 2. The number of aryl methyl sites for hydroxylation is 1. The zero-order valence-corrected chi connectivity index (χ0v) is 13.2. The topological polar surface area (TPSA) is 68.3 Å². The summed E-state index contributed by atoms with van der Waals surface area (Å²) in [6, 6.07) is 0.0771. The van der Waals surface area contributed by atoms with E-state index in [9.17, 15) is 9.59 Å². The molecule has 0 saturated carbocycles. The summed E-state index contributed by atoms with van der Waals surface area (Å²) >= 11 is 1.20. The van der Waals surface area contributed by atoms with Crippen LogP contribution in [0.1, 0.15) is 36.8 Å². The van der Waals surface area contributed by atoms with Crippen molar-refractivity contribution in [1.82, 2.24) is 9.47 Å². The molecule has 0 radical (unpaired) electrons. The number of nitrogens with two attached hydrogens (primary N) is 1. The summed E-state index contributed by atoms with van der Waals surface area (Å²) in [7, 11) is 0. The molecule has 2 rings (SSSR count). The number of amides is 1. The van der Waals surface area contributed by atoms with Gasteiger partial charge in [0.05, 0.1) is 0 Å². The molecule has 2 unspecified atom stereocenters. The second kappa shape index (κ2) is 6.10. The molecule has 0 bridgehead atoms. The van der Waals surface area contributed by atoms with E-state index in [1.54, 1.807) is 4.57 Å². The molecule has 1 fully saturated rings. The minimum Gasteiger partial charge on any atom is -0.337 e. The van der Waals surface area contributed by atoms with Crippen molar-refractivity contribution in [2.24, 2.45) is 5.73 Å². The van der Waals surface area contributed by atoms with Crippen LogP contribution in [0.25, 0.3) is 0 Å². The second-order valence-corrected chi connectivity index (χ2v) is 6.77. The number of rotatable bonds is 3. The molecule has 1 saturated heterocycles. The van der Waals surface area contributed by atoms with Gasteiger partial charge in [-0.1, -0.05) is 11.3 Å². The van der Waals surface area contributed by atoms with Crippen LogP contribution < -0.4 is 10.6 Å². The number of hydrogen-bond donors (Lipinski definition) is 1. The highest BCUT2D eigenvalue weighted by Crippen LogP contribution is 2.20. The fourth-order valence-electron chi connectivity index (χ4n) is 2.81.